The number of aromatic nitrogens is 1. The van der Waals surface area contributed by atoms with Crippen molar-refractivity contribution in [1.82, 2.24) is 4.98 Å². The molecule has 0 atom stereocenters. The summed E-state index contributed by atoms with van der Waals surface area (Å²) in [7, 11) is 1.10. The highest BCUT2D eigenvalue weighted by atomic mass is 19.4. The standard InChI is InChI=1S/C14H9F4NO2/c1-21-13(20)12-10(6-7-11(15)19-12)8-2-4-9(5-3-8)14(16,17)18/h2-7H,1H3. The Morgan fingerprint density at radius 3 is 2.24 bits per heavy atom. The number of carbonyl (C=O) groups is 1. The number of hydrogen-bond acceptors (Lipinski definition) is 3. The predicted molar refractivity (Wildman–Crippen MR) is 66.0 cm³/mol. The van der Waals surface area contributed by atoms with Crippen molar-refractivity contribution in [1.29, 1.82) is 0 Å². The van der Waals surface area contributed by atoms with Gasteiger partial charge in [0, 0.05) is 5.56 Å². The Labute approximate surface area is 117 Å². The molecular weight excluding hydrogens is 290 g/mol. The van der Waals surface area contributed by atoms with E-state index in [1.165, 1.54) is 18.2 Å². The number of alkyl halides is 3. The Balaban J connectivity index is 2.49. The molecule has 0 fully saturated rings. The first kappa shape index (κ1) is 15.0. The molecule has 21 heavy (non-hydrogen) atoms. The van der Waals surface area contributed by atoms with Gasteiger partial charge in [0.2, 0.25) is 5.95 Å². The fraction of sp³-hybridized carbons (Fsp3) is 0.143. The van der Waals surface area contributed by atoms with E-state index in [0.717, 1.165) is 25.3 Å². The van der Waals surface area contributed by atoms with Crippen molar-refractivity contribution in [3.8, 4) is 11.1 Å². The smallest absolute Gasteiger partial charge is 0.416 e. The van der Waals surface area contributed by atoms with Gasteiger partial charge in [0.05, 0.1) is 12.7 Å². The average Bonchev–Trinajstić information content (AvgIpc) is 2.45. The van der Waals surface area contributed by atoms with Crippen molar-refractivity contribution >= 4 is 5.97 Å². The number of ether oxygens (including phenoxy) is 1. The largest absolute Gasteiger partial charge is 0.464 e. The minimum absolute atomic E-state index is 0.192. The monoisotopic (exact) mass is 299 g/mol. The van der Waals surface area contributed by atoms with Crippen LogP contribution in [-0.2, 0) is 10.9 Å². The van der Waals surface area contributed by atoms with Crippen LogP contribution >= 0.6 is 0 Å². The maximum absolute atomic E-state index is 13.1. The van der Waals surface area contributed by atoms with Crippen LogP contribution < -0.4 is 0 Å². The zero-order valence-electron chi connectivity index (χ0n) is 10.7. The van der Waals surface area contributed by atoms with Gasteiger partial charge in [-0.15, -0.1) is 0 Å². The van der Waals surface area contributed by atoms with Gasteiger partial charge in [-0.25, -0.2) is 9.78 Å². The molecule has 0 saturated heterocycles. The third-order valence-electron chi connectivity index (χ3n) is 2.76. The SMILES string of the molecule is COC(=O)c1nc(F)ccc1-c1ccc(C(F)(F)F)cc1. The lowest BCUT2D eigenvalue weighted by Gasteiger charge is -2.10. The first-order valence-corrected chi connectivity index (χ1v) is 5.75. The lowest BCUT2D eigenvalue weighted by Crippen LogP contribution is -2.08. The molecule has 0 aliphatic rings. The molecule has 0 unspecified atom stereocenters. The number of hydrogen-bond donors (Lipinski definition) is 0. The highest BCUT2D eigenvalue weighted by Gasteiger charge is 2.30. The van der Waals surface area contributed by atoms with Crippen LogP contribution in [0.3, 0.4) is 0 Å². The molecule has 0 spiro atoms. The van der Waals surface area contributed by atoms with Gasteiger partial charge in [-0.1, -0.05) is 12.1 Å². The Morgan fingerprint density at radius 2 is 1.71 bits per heavy atom. The number of pyridine rings is 1. The molecule has 0 aliphatic carbocycles. The van der Waals surface area contributed by atoms with Crippen LogP contribution in [-0.4, -0.2) is 18.1 Å². The topological polar surface area (TPSA) is 39.2 Å². The van der Waals surface area contributed by atoms with E-state index in [2.05, 4.69) is 9.72 Å². The Hall–Kier alpha value is -2.44. The van der Waals surface area contributed by atoms with Crippen molar-refractivity contribution in [3.63, 3.8) is 0 Å². The highest BCUT2D eigenvalue weighted by molar-refractivity contribution is 5.95. The Kier molecular flexibility index (Phi) is 3.93. The third kappa shape index (κ3) is 3.18. The van der Waals surface area contributed by atoms with Gasteiger partial charge in [-0.05, 0) is 29.8 Å². The molecule has 7 heteroatoms. The van der Waals surface area contributed by atoms with Crippen molar-refractivity contribution in [2.75, 3.05) is 7.11 Å². The van der Waals surface area contributed by atoms with E-state index in [-0.39, 0.29) is 11.3 Å². The second-order valence-electron chi connectivity index (χ2n) is 4.10. The molecule has 2 rings (SSSR count). The summed E-state index contributed by atoms with van der Waals surface area (Å²) in [4.78, 5) is 15.0. The van der Waals surface area contributed by atoms with E-state index in [1.54, 1.807) is 0 Å². The van der Waals surface area contributed by atoms with E-state index in [4.69, 9.17) is 0 Å². The molecule has 2 aromatic rings. The van der Waals surface area contributed by atoms with Crippen LogP contribution in [0.15, 0.2) is 36.4 Å². The summed E-state index contributed by atoms with van der Waals surface area (Å²) in [6.07, 6.45) is -4.45. The molecule has 0 amide bonds. The molecule has 0 bridgehead atoms. The average molecular weight is 299 g/mol. The molecular formula is C14H9F4NO2. The van der Waals surface area contributed by atoms with Crippen LogP contribution in [0.2, 0.25) is 0 Å². The van der Waals surface area contributed by atoms with Crippen LogP contribution in [0.5, 0.6) is 0 Å². The molecule has 0 aliphatic heterocycles. The van der Waals surface area contributed by atoms with E-state index in [1.807, 2.05) is 0 Å². The van der Waals surface area contributed by atoms with Crippen molar-refractivity contribution in [2.24, 2.45) is 0 Å². The summed E-state index contributed by atoms with van der Waals surface area (Å²) >= 11 is 0. The molecule has 0 radical (unpaired) electrons. The fourth-order valence-electron chi connectivity index (χ4n) is 1.76. The number of halogens is 4. The van der Waals surface area contributed by atoms with Crippen LogP contribution in [0.1, 0.15) is 16.1 Å². The maximum Gasteiger partial charge on any atom is 0.416 e. The summed E-state index contributed by atoms with van der Waals surface area (Å²) in [6.45, 7) is 0. The molecule has 3 nitrogen and oxygen atoms in total. The fourth-order valence-corrected chi connectivity index (χ4v) is 1.76. The maximum atomic E-state index is 13.1. The van der Waals surface area contributed by atoms with Crippen LogP contribution in [0.25, 0.3) is 11.1 Å². The van der Waals surface area contributed by atoms with Gasteiger partial charge in [-0.2, -0.15) is 17.6 Å². The minimum Gasteiger partial charge on any atom is -0.464 e. The second kappa shape index (κ2) is 5.51. The Morgan fingerprint density at radius 1 is 1.10 bits per heavy atom. The van der Waals surface area contributed by atoms with E-state index in [9.17, 15) is 22.4 Å². The highest BCUT2D eigenvalue weighted by Crippen LogP contribution is 2.31. The number of nitrogens with zero attached hydrogens (tertiary/aromatic N) is 1. The molecule has 1 aromatic heterocycles. The summed E-state index contributed by atoms with van der Waals surface area (Å²) in [5.41, 5.74) is -0.619. The van der Waals surface area contributed by atoms with Gasteiger partial charge in [0.15, 0.2) is 5.69 Å². The first-order chi connectivity index (χ1) is 9.82. The van der Waals surface area contributed by atoms with Gasteiger partial charge in [-0.3, -0.25) is 0 Å². The van der Waals surface area contributed by atoms with Gasteiger partial charge < -0.3 is 4.74 Å². The van der Waals surface area contributed by atoms with Gasteiger partial charge in [0.1, 0.15) is 0 Å². The van der Waals surface area contributed by atoms with Crippen molar-refractivity contribution in [2.45, 2.75) is 6.18 Å². The van der Waals surface area contributed by atoms with E-state index < -0.39 is 23.7 Å². The lowest BCUT2D eigenvalue weighted by atomic mass is 10.0. The number of esters is 1. The molecule has 0 N–H and O–H groups in total. The summed E-state index contributed by atoms with van der Waals surface area (Å²) in [5.74, 6) is -1.75. The zero-order chi connectivity index (χ0) is 15.6. The van der Waals surface area contributed by atoms with E-state index in [0.29, 0.717) is 5.56 Å². The number of rotatable bonds is 2. The molecule has 0 saturated carbocycles. The first-order valence-electron chi connectivity index (χ1n) is 5.75. The number of carbonyl (C=O) groups excluding carboxylic acids is 1. The zero-order valence-corrected chi connectivity index (χ0v) is 10.7. The van der Waals surface area contributed by atoms with Gasteiger partial charge >= 0.3 is 12.1 Å². The minimum atomic E-state index is -4.45. The van der Waals surface area contributed by atoms with Crippen molar-refractivity contribution < 1.29 is 27.1 Å². The second-order valence-corrected chi connectivity index (χ2v) is 4.10. The van der Waals surface area contributed by atoms with Gasteiger partial charge in [0.25, 0.3) is 0 Å². The van der Waals surface area contributed by atoms with Crippen LogP contribution in [0, 0.1) is 5.95 Å². The summed E-state index contributed by atoms with van der Waals surface area (Å²) in [6, 6.07) is 6.39. The number of methoxy groups -OCH3 is 1. The molecule has 1 heterocycles. The van der Waals surface area contributed by atoms with Crippen molar-refractivity contribution in [3.05, 3.63) is 53.6 Å². The van der Waals surface area contributed by atoms with E-state index >= 15 is 0 Å². The normalized spacial score (nSPS) is 11.3. The lowest BCUT2D eigenvalue weighted by molar-refractivity contribution is -0.137. The summed E-state index contributed by atoms with van der Waals surface area (Å²) in [5, 5.41) is 0. The molecule has 110 valence electrons. The number of benzene rings is 1. The quantitative estimate of drug-likeness (QED) is 0.482. The Bertz CT molecular complexity index is 666. The predicted octanol–water partition coefficient (Wildman–Crippen LogP) is 3.69. The third-order valence-corrected chi connectivity index (χ3v) is 2.76. The van der Waals surface area contributed by atoms with Crippen LogP contribution in [0.4, 0.5) is 17.6 Å². The summed E-state index contributed by atoms with van der Waals surface area (Å²) < 4.78 is 55.1. The molecule has 1 aromatic carbocycles.